The van der Waals surface area contributed by atoms with Crippen molar-refractivity contribution in [2.45, 2.75) is 26.3 Å². The van der Waals surface area contributed by atoms with Crippen molar-refractivity contribution < 1.29 is 9.59 Å². The summed E-state index contributed by atoms with van der Waals surface area (Å²) in [4.78, 5) is 24.3. The summed E-state index contributed by atoms with van der Waals surface area (Å²) in [5.74, 6) is 4.66. The molecule has 94 valence electrons. The molecule has 0 aromatic carbocycles. The van der Waals surface area contributed by atoms with Gasteiger partial charge in [-0.1, -0.05) is 6.92 Å². The Morgan fingerprint density at radius 3 is 2.38 bits per heavy atom. The minimum atomic E-state index is -0.209. The Balaban J connectivity index is 4.12. The van der Waals surface area contributed by atoms with Gasteiger partial charge in [0.05, 0.1) is 5.92 Å². The Bertz CT molecular complexity index is 245. The van der Waals surface area contributed by atoms with Gasteiger partial charge in [-0.3, -0.25) is 15.0 Å². The predicted octanol–water partition coefficient (Wildman–Crippen LogP) is -0.931. The van der Waals surface area contributed by atoms with Crippen molar-refractivity contribution in [3.05, 3.63) is 0 Å². The third-order valence-electron chi connectivity index (χ3n) is 2.95. The number of amides is 2. The Kier molecular flexibility index (Phi) is 6.67. The molecule has 16 heavy (non-hydrogen) atoms. The van der Waals surface area contributed by atoms with Crippen LogP contribution >= 0.6 is 0 Å². The molecular weight excluding hydrogens is 208 g/mol. The molecule has 0 rings (SSSR count). The first-order valence-corrected chi connectivity index (χ1v) is 5.35. The smallest absolute Gasteiger partial charge is 0.238 e. The second-order valence-electron chi connectivity index (χ2n) is 3.94. The number of rotatable bonds is 6. The SMILES string of the molecule is CNC(=O)CCN(C)C(C)C(C)C(=O)NN. The minimum absolute atomic E-state index is 0.00465. The highest BCUT2D eigenvalue weighted by Gasteiger charge is 2.22. The van der Waals surface area contributed by atoms with Crippen LogP contribution in [0.4, 0.5) is 0 Å². The van der Waals surface area contributed by atoms with Gasteiger partial charge in [0.15, 0.2) is 0 Å². The van der Waals surface area contributed by atoms with E-state index in [9.17, 15) is 9.59 Å². The quantitative estimate of drug-likeness (QED) is 0.312. The van der Waals surface area contributed by atoms with Gasteiger partial charge in [0, 0.05) is 26.1 Å². The fourth-order valence-electron chi connectivity index (χ4n) is 1.34. The normalized spacial score (nSPS) is 14.4. The van der Waals surface area contributed by atoms with Crippen molar-refractivity contribution in [3.63, 3.8) is 0 Å². The van der Waals surface area contributed by atoms with Crippen molar-refractivity contribution in [2.75, 3.05) is 20.6 Å². The van der Waals surface area contributed by atoms with E-state index in [0.29, 0.717) is 13.0 Å². The summed E-state index contributed by atoms with van der Waals surface area (Å²) in [5, 5.41) is 2.56. The highest BCUT2D eigenvalue weighted by atomic mass is 16.2. The molecule has 0 heterocycles. The first kappa shape index (κ1) is 14.9. The fraction of sp³-hybridized carbons (Fsp3) is 0.800. The average Bonchev–Trinajstić information content (AvgIpc) is 2.32. The third-order valence-corrected chi connectivity index (χ3v) is 2.95. The number of carbonyl (C=O) groups is 2. The number of nitrogens with one attached hydrogen (secondary N) is 2. The number of hydrogen-bond acceptors (Lipinski definition) is 4. The Labute approximate surface area is 96.5 Å². The van der Waals surface area contributed by atoms with E-state index in [-0.39, 0.29) is 23.8 Å². The largest absolute Gasteiger partial charge is 0.359 e. The maximum atomic E-state index is 11.3. The number of hydrazine groups is 1. The van der Waals surface area contributed by atoms with Crippen LogP contribution in [0.5, 0.6) is 0 Å². The number of nitrogens with zero attached hydrogens (tertiary/aromatic N) is 1. The molecule has 0 aromatic rings. The van der Waals surface area contributed by atoms with Crippen molar-refractivity contribution in [1.29, 1.82) is 0 Å². The van der Waals surface area contributed by atoms with Crippen LogP contribution in [0, 0.1) is 5.92 Å². The fourth-order valence-corrected chi connectivity index (χ4v) is 1.34. The maximum Gasteiger partial charge on any atom is 0.238 e. The van der Waals surface area contributed by atoms with E-state index in [1.165, 1.54) is 0 Å². The van der Waals surface area contributed by atoms with Crippen LogP contribution in [0.25, 0.3) is 0 Å². The van der Waals surface area contributed by atoms with Crippen molar-refractivity contribution >= 4 is 11.8 Å². The van der Waals surface area contributed by atoms with Crippen molar-refractivity contribution in [1.82, 2.24) is 15.6 Å². The zero-order chi connectivity index (χ0) is 12.7. The summed E-state index contributed by atoms with van der Waals surface area (Å²) in [5.41, 5.74) is 2.13. The van der Waals surface area contributed by atoms with E-state index in [1.807, 2.05) is 25.8 Å². The highest BCUT2D eigenvalue weighted by molar-refractivity contribution is 5.78. The number of nitrogens with two attached hydrogens (primary N) is 1. The molecule has 0 saturated heterocycles. The van der Waals surface area contributed by atoms with Gasteiger partial charge in [-0.2, -0.15) is 0 Å². The summed E-state index contributed by atoms with van der Waals surface area (Å²) < 4.78 is 0. The molecular formula is C10H22N4O2. The van der Waals surface area contributed by atoms with E-state index in [2.05, 4.69) is 10.7 Å². The van der Waals surface area contributed by atoms with Gasteiger partial charge in [-0.15, -0.1) is 0 Å². The van der Waals surface area contributed by atoms with E-state index in [4.69, 9.17) is 5.84 Å². The summed E-state index contributed by atoms with van der Waals surface area (Å²) in [6, 6.07) is 0.0354. The lowest BCUT2D eigenvalue weighted by atomic mass is 10.0. The topological polar surface area (TPSA) is 87.5 Å². The molecule has 0 radical (unpaired) electrons. The molecule has 0 fully saturated rings. The van der Waals surface area contributed by atoms with E-state index in [0.717, 1.165) is 0 Å². The molecule has 0 aromatic heterocycles. The van der Waals surface area contributed by atoms with Crippen molar-refractivity contribution in [2.24, 2.45) is 11.8 Å². The van der Waals surface area contributed by atoms with Gasteiger partial charge in [0.1, 0.15) is 0 Å². The molecule has 6 heteroatoms. The van der Waals surface area contributed by atoms with Gasteiger partial charge in [0.25, 0.3) is 0 Å². The van der Waals surface area contributed by atoms with Crippen LogP contribution in [0.15, 0.2) is 0 Å². The standard InChI is InChI=1S/C10H22N4O2/c1-7(10(16)13-11)8(2)14(4)6-5-9(15)12-3/h7-8H,5-6,11H2,1-4H3,(H,12,15)(H,13,16). The third kappa shape index (κ3) is 4.59. The summed E-state index contributed by atoms with van der Waals surface area (Å²) in [7, 11) is 3.49. The molecule has 0 aliphatic carbocycles. The molecule has 0 bridgehead atoms. The lowest BCUT2D eigenvalue weighted by Crippen LogP contribution is -2.45. The Hall–Kier alpha value is -1.14. The molecule has 2 amide bonds. The second-order valence-corrected chi connectivity index (χ2v) is 3.94. The van der Waals surface area contributed by atoms with Gasteiger partial charge in [-0.25, -0.2) is 5.84 Å². The van der Waals surface area contributed by atoms with Crippen LogP contribution in [-0.4, -0.2) is 43.4 Å². The van der Waals surface area contributed by atoms with Crippen LogP contribution < -0.4 is 16.6 Å². The van der Waals surface area contributed by atoms with E-state index < -0.39 is 0 Å². The average molecular weight is 230 g/mol. The van der Waals surface area contributed by atoms with Crippen LogP contribution in [-0.2, 0) is 9.59 Å². The molecule has 0 spiro atoms. The first-order chi connectivity index (χ1) is 7.43. The van der Waals surface area contributed by atoms with E-state index in [1.54, 1.807) is 7.05 Å². The molecule has 2 atom stereocenters. The lowest BCUT2D eigenvalue weighted by molar-refractivity contribution is -0.126. The van der Waals surface area contributed by atoms with Gasteiger partial charge >= 0.3 is 0 Å². The van der Waals surface area contributed by atoms with Crippen LogP contribution in [0.3, 0.4) is 0 Å². The van der Waals surface area contributed by atoms with Gasteiger partial charge in [0.2, 0.25) is 11.8 Å². The zero-order valence-electron chi connectivity index (χ0n) is 10.4. The van der Waals surface area contributed by atoms with Crippen LogP contribution in [0.1, 0.15) is 20.3 Å². The first-order valence-electron chi connectivity index (χ1n) is 5.35. The van der Waals surface area contributed by atoms with Crippen LogP contribution in [0.2, 0.25) is 0 Å². The van der Waals surface area contributed by atoms with Gasteiger partial charge in [-0.05, 0) is 14.0 Å². The maximum absolute atomic E-state index is 11.3. The lowest BCUT2D eigenvalue weighted by Gasteiger charge is -2.28. The molecule has 6 nitrogen and oxygen atoms in total. The predicted molar refractivity (Wildman–Crippen MR) is 62.3 cm³/mol. The monoisotopic (exact) mass is 230 g/mol. The number of carbonyl (C=O) groups excluding carboxylic acids is 2. The molecule has 4 N–H and O–H groups in total. The van der Waals surface area contributed by atoms with Gasteiger partial charge < -0.3 is 10.2 Å². The Morgan fingerprint density at radius 2 is 1.94 bits per heavy atom. The molecule has 0 aliphatic heterocycles. The van der Waals surface area contributed by atoms with E-state index >= 15 is 0 Å². The summed E-state index contributed by atoms with van der Waals surface area (Å²) >= 11 is 0. The highest BCUT2D eigenvalue weighted by Crippen LogP contribution is 2.09. The molecule has 0 aliphatic rings. The second kappa shape index (κ2) is 7.19. The van der Waals surface area contributed by atoms with Crippen molar-refractivity contribution in [3.8, 4) is 0 Å². The summed E-state index contributed by atoms with van der Waals surface area (Å²) in [6.07, 6.45) is 0.425. The minimum Gasteiger partial charge on any atom is -0.359 e. The Morgan fingerprint density at radius 1 is 1.38 bits per heavy atom. The number of hydrogen-bond donors (Lipinski definition) is 3. The summed E-state index contributed by atoms with van der Waals surface area (Å²) in [6.45, 7) is 4.36. The molecule has 2 unspecified atom stereocenters. The zero-order valence-corrected chi connectivity index (χ0v) is 10.4. The molecule has 0 saturated carbocycles.